The Hall–Kier alpha value is -1.08. The van der Waals surface area contributed by atoms with Gasteiger partial charge in [-0.2, -0.15) is 26.3 Å². The van der Waals surface area contributed by atoms with Crippen LogP contribution in [0.15, 0.2) is 12.2 Å². The quantitative estimate of drug-likeness (QED) is 0.155. The Kier molecular flexibility index (Phi) is 8.83. The summed E-state index contributed by atoms with van der Waals surface area (Å²) in [7, 11) is 0. The van der Waals surface area contributed by atoms with Crippen molar-refractivity contribution < 1.29 is 74.3 Å². The number of rotatable bonds is 6. The van der Waals surface area contributed by atoms with Crippen molar-refractivity contribution in [2.45, 2.75) is 146 Å². The standard InChI is InChI=1S/C35H48F6O10/c1-18-8-10-24-20(3)32(34(36,37)38,46-27-30(24)22(18)12-13-26(44-27)48-50-30)42-16-6-7-17-43-33(35(39,40)41)21(4)25-11-9-19(2)23-14-15-29(5)45-28(47-33)31(23,25)51-49-29/h6-7,18-28H,8-17H2,1-5H3/b7-6-/t18-,19-,20-,21-,22+,23+,24+,25+,26-,27+,28+,29+,30-,31-,32-,33-/m1/s1. The number of hydrogen-bond acceptors (Lipinski definition) is 10. The fourth-order valence-electron chi connectivity index (χ4n) is 11.3. The Morgan fingerprint density at radius 2 is 1.12 bits per heavy atom. The van der Waals surface area contributed by atoms with E-state index >= 15 is 26.3 Å². The van der Waals surface area contributed by atoms with Gasteiger partial charge in [-0.05, 0) is 69.1 Å². The molecule has 10 rings (SSSR count). The molecule has 0 aromatic heterocycles. The summed E-state index contributed by atoms with van der Waals surface area (Å²) in [6.07, 6.45) is -6.88. The lowest BCUT2D eigenvalue weighted by molar-refractivity contribution is -0.598. The molecule has 8 saturated heterocycles. The zero-order valence-corrected chi connectivity index (χ0v) is 29.4. The van der Waals surface area contributed by atoms with Crippen LogP contribution in [-0.4, -0.2) is 73.0 Å². The first-order chi connectivity index (χ1) is 23.9. The molecule has 10 fully saturated rings. The molecule has 8 heterocycles. The number of ether oxygens (including phenoxy) is 6. The third kappa shape index (κ3) is 5.13. The molecule has 0 radical (unpaired) electrons. The second-order valence-electron chi connectivity index (χ2n) is 16.4. The van der Waals surface area contributed by atoms with Gasteiger partial charge in [0.1, 0.15) is 0 Å². The molecule has 0 aromatic carbocycles. The molecule has 2 aliphatic carbocycles. The third-order valence-corrected chi connectivity index (χ3v) is 13.9. The lowest BCUT2D eigenvalue weighted by Crippen LogP contribution is -2.76. The molecule has 10 aliphatic rings. The number of fused-ring (bicyclic) bond motifs is 4. The van der Waals surface area contributed by atoms with Crippen LogP contribution in [-0.2, 0) is 48.0 Å². The molecular formula is C35H48F6O10. The molecule has 51 heavy (non-hydrogen) atoms. The van der Waals surface area contributed by atoms with Crippen LogP contribution in [0.5, 0.6) is 0 Å². The first-order valence-corrected chi connectivity index (χ1v) is 18.4. The summed E-state index contributed by atoms with van der Waals surface area (Å²) >= 11 is 0. The second-order valence-corrected chi connectivity index (χ2v) is 16.4. The molecule has 2 spiro atoms. The normalized spacial score (nSPS) is 53.7. The van der Waals surface area contributed by atoms with Crippen molar-refractivity contribution >= 4 is 0 Å². The maximum absolute atomic E-state index is 15.1. The molecule has 0 amide bonds. The Balaban J connectivity index is 1.01. The van der Waals surface area contributed by atoms with Crippen molar-refractivity contribution in [2.24, 2.45) is 47.3 Å². The summed E-state index contributed by atoms with van der Waals surface area (Å²) in [5.74, 6) is -11.2. The van der Waals surface area contributed by atoms with E-state index in [1.54, 1.807) is 6.92 Å². The maximum Gasteiger partial charge on any atom is 0.443 e. The van der Waals surface area contributed by atoms with Crippen LogP contribution in [0, 0.1) is 47.3 Å². The predicted octanol–water partition coefficient (Wildman–Crippen LogP) is 7.47. The van der Waals surface area contributed by atoms with Gasteiger partial charge in [-0.15, -0.1) is 0 Å². The Bertz CT molecular complexity index is 1370. The maximum atomic E-state index is 15.1. The topological polar surface area (TPSA) is 92.3 Å². The summed E-state index contributed by atoms with van der Waals surface area (Å²) in [5, 5.41) is 0. The fourth-order valence-corrected chi connectivity index (χ4v) is 11.3. The van der Waals surface area contributed by atoms with Crippen molar-refractivity contribution in [3.8, 4) is 0 Å². The molecule has 4 bridgehead atoms. The van der Waals surface area contributed by atoms with Crippen LogP contribution in [0.1, 0.15) is 86.0 Å². The van der Waals surface area contributed by atoms with Crippen molar-refractivity contribution in [3.05, 3.63) is 12.2 Å². The van der Waals surface area contributed by atoms with Gasteiger partial charge in [-0.25, -0.2) is 19.6 Å². The minimum atomic E-state index is -4.99. The number of halogens is 6. The van der Waals surface area contributed by atoms with Crippen molar-refractivity contribution in [1.29, 1.82) is 0 Å². The minimum absolute atomic E-state index is 0.136. The van der Waals surface area contributed by atoms with Crippen LogP contribution >= 0.6 is 0 Å². The monoisotopic (exact) mass is 742 g/mol. The van der Waals surface area contributed by atoms with Gasteiger partial charge < -0.3 is 28.4 Å². The summed E-state index contributed by atoms with van der Waals surface area (Å²) in [6.45, 7) is 7.32. The lowest BCUT2D eigenvalue weighted by Gasteiger charge is -2.62. The molecule has 2 saturated carbocycles. The van der Waals surface area contributed by atoms with E-state index in [0.29, 0.717) is 51.4 Å². The molecule has 8 aliphatic heterocycles. The molecule has 16 heteroatoms. The number of hydrogen-bond donors (Lipinski definition) is 0. The van der Waals surface area contributed by atoms with Gasteiger partial charge in [-0.3, -0.25) is 0 Å². The van der Waals surface area contributed by atoms with E-state index in [0.717, 1.165) is 0 Å². The molecule has 16 atom stereocenters. The van der Waals surface area contributed by atoms with E-state index in [2.05, 4.69) is 13.8 Å². The Labute approximate surface area is 292 Å². The number of alkyl halides is 6. The summed E-state index contributed by atoms with van der Waals surface area (Å²) < 4.78 is 126. The molecule has 0 unspecified atom stereocenters. The van der Waals surface area contributed by atoms with Gasteiger partial charge in [-0.1, -0.05) is 39.8 Å². The third-order valence-electron chi connectivity index (χ3n) is 13.9. The van der Waals surface area contributed by atoms with E-state index in [4.69, 9.17) is 48.0 Å². The highest BCUT2D eigenvalue weighted by Crippen LogP contribution is 2.65. The van der Waals surface area contributed by atoms with E-state index in [-0.39, 0.29) is 23.7 Å². The summed E-state index contributed by atoms with van der Waals surface area (Å²) in [4.78, 5) is 23.1. The first-order valence-electron chi connectivity index (χ1n) is 18.4. The zero-order chi connectivity index (χ0) is 36.4. The van der Waals surface area contributed by atoms with Gasteiger partial charge in [0.25, 0.3) is 11.6 Å². The summed E-state index contributed by atoms with van der Waals surface area (Å²) in [5.41, 5.74) is -2.47. The summed E-state index contributed by atoms with van der Waals surface area (Å²) in [6, 6.07) is 0. The van der Waals surface area contributed by atoms with Crippen LogP contribution in [0.3, 0.4) is 0 Å². The average molecular weight is 743 g/mol. The van der Waals surface area contributed by atoms with Crippen molar-refractivity contribution in [2.75, 3.05) is 13.2 Å². The molecule has 10 nitrogen and oxygen atoms in total. The lowest BCUT2D eigenvalue weighted by atomic mass is 9.57. The molecular weight excluding hydrogens is 694 g/mol. The van der Waals surface area contributed by atoms with E-state index in [9.17, 15) is 0 Å². The molecule has 0 aromatic rings. The van der Waals surface area contributed by atoms with Crippen LogP contribution in [0.4, 0.5) is 26.3 Å². The van der Waals surface area contributed by atoms with Gasteiger partial charge in [0.15, 0.2) is 30.1 Å². The smallest absolute Gasteiger partial charge is 0.338 e. The highest BCUT2D eigenvalue weighted by atomic mass is 19.4. The van der Waals surface area contributed by atoms with Crippen molar-refractivity contribution in [1.82, 2.24) is 0 Å². The van der Waals surface area contributed by atoms with E-state index < -0.39 is 96.7 Å². The highest BCUT2D eigenvalue weighted by molar-refractivity contribution is 5.14. The van der Waals surface area contributed by atoms with E-state index in [1.807, 2.05) is 0 Å². The van der Waals surface area contributed by atoms with Gasteiger partial charge in [0.05, 0.1) is 13.2 Å². The average Bonchev–Trinajstić information content (AvgIpc) is 3.47. The largest absolute Gasteiger partial charge is 0.443 e. The first kappa shape index (κ1) is 36.9. The van der Waals surface area contributed by atoms with Crippen LogP contribution in [0.25, 0.3) is 0 Å². The van der Waals surface area contributed by atoms with Crippen molar-refractivity contribution in [3.63, 3.8) is 0 Å². The highest BCUT2D eigenvalue weighted by Gasteiger charge is 2.78. The minimum Gasteiger partial charge on any atom is -0.338 e. The Morgan fingerprint density at radius 3 is 1.69 bits per heavy atom. The molecule has 0 N–H and O–H groups in total. The van der Waals surface area contributed by atoms with E-state index in [1.165, 1.54) is 26.0 Å². The zero-order valence-electron chi connectivity index (χ0n) is 29.4. The van der Waals surface area contributed by atoms with Gasteiger partial charge in [0, 0.05) is 36.5 Å². The fraction of sp³-hybridized carbons (Fsp3) is 0.943. The second kappa shape index (κ2) is 12.2. The Morgan fingerprint density at radius 1 is 0.608 bits per heavy atom. The SMILES string of the molecule is C[C@@H]1CC[C@H]2[C@@H](C)[C@](OC/C=C\CO[C@@]3(C(F)(F)F)O[C@@H]4O[C@]5(C)CC[C@H]6[C@H](C)CC[C@@H]([C@H]3C)[C@@]46OO5)(C(F)(F)F)O[C@@H]3O[C@H]4CC[C@@H]1[C@]32OO4. The molecule has 290 valence electrons. The van der Waals surface area contributed by atoms with Gasteiger partial charge in [0.2, 0.25) is 5.79 Å². The van der Waals surface area contributed by atoms with Gasteiger partial charge >= 0.3 is 12.4 Å². The predicted molar refractivity (Wildman–Crippen MR) is 160 cm³/mol. The van der Waals surface area contributed by atoms with Crippen LogP contribution in [0.2, 0.25) is 0 Å². The van der Waals surface area contributed by atoms with Crippen LogP contribution < -0.4 is 0 Å².